The highest BCUT2D eigenvalue weighted by atomic mass is 16.5. The first kappa shape index (κ1) is 18.2. The van der Waals surface area contributed by atoms with E-state index in [0.717, 1.165) is 0 Å². The standard InChI is InChI=1S/C21H15N3O5/c1-27-21(26)16-9-3-2-8-15(16)18(25)22-14-7-4-6-13(12-14)19-23-24-20(29-19)17-10-5-11-28-17/h2-12H,1H3,(H,22,25). The Balaban J connectivity index is 1.57. The fourth-order valence-electron chi connectivity index (χ4n) is 2.74. The number of benzene rings is 2. The zero-order valence-corrected chi connectivity index (χ0v) is 15.3. The summed E-state index contributed by atoms with van der Waals surface area (Å²) in [4.78, 5) is 24.6. The predicted molar refractivity (Wildman–Crippen MR) is 103 cm³/mol. The fraction of sp³-hybridized carbons (Fsp3) is 0.0476. The SMILES string of the molecule is COC(=O)c1ccccc1C(=O)Nc1cccc(-c2nnc(-c3ccco3)o2)c1. The van der Waals surface area contributed by atoms with Crippen LogP contribution in [0.4, 0.5) is 5.69 Å². The number of carbonyl (C=O) groups excluding carboxylic acids is 2. The van der Waals surface area contributed by atoms with Gasteiger partial charge in [-0.05, 0) is 42.5 Å². The molecule has 0 atom stereocenters. The summed E-state index contributed by atoms with van der Waals surface area (Å²) in [7, 11) is 1.27. The van der Waals surface area contributed by atoms with Crippen molar-refractivity contribution in [3.05, 3.63) is 78.1 Å². The van der Waals surface area contributed by atoms with E-state index in [9.17, 15) is 9.59 Å². The molecule has 2 heterocycles. The molecule has 4 aromatic rings. The van der Waals surface area contributed by atoms with Gasteiger partial charge in [-0.15, -0.1) is 10.2 Å². The number of hydrogen-bond acceptors (Lipinski definition) is 7. The largest absolute Gasteiger partial charge is 0.465 e. The van der Waals surface area contributed by atoms with Crippen LogP contribution in [-0.4, -0.2) is 29.2 Å². The molecule has 144 valence electrons. The van der Waals surface area contributed by atoms with Crippen molar-refractivity contribution in [3.8, 4) is 23.1 Å². The normalized spacial score (nSPS) is 10.5. The highest BCUT2D eigenvalue weighted by molar-refractivity contribution is 6.11. The highest BCUT2D eigenvalue weighted by Gasteiger charge is 2.18. The molecule has 0 aliphatic rings. The molecule has 0 unspecified atom stereocenters. The minimum atomic E-state index is -0.583. The van der Waals surface area contributed by atoms with Crippen LogP contribution in [0.5, 0.6) is 0 Å². The molecule has 4 rings (SSSR count). The van der Waals surface area contributed by atoms with Crippen LogP contribution in [0.25, 0.3) is 23.1 Å². The van der Waals surface area contributed by atoms with Gasteiger partial charge in [-0.1, -0.05) is 18.2 Å². The minimum Gasteiger partial charge on any atom is -0.465 e. The molecule has 0 spiro atoms. The molecule has 1 amide bonds. The number of nitrogens with zero attached hydrogens (tertiary/aromatic N) is 2. The van der Waals surface area contributed by atoms with Gasteiger partial charge in [-0.3, -0.25) is 4.79 Å². The van der Waals surface area contributed by atoms with Crippen molar-refractivity contribution in [2.24, 2.45) is 0 Å². The Morgan fingerprint density at radius 2 is 1.72 bits per heavy atom. The monoisotopic (exact) mass is 389 g/mol. The molecule has 29 heavy (non-hydrogen) atoms. The number of hydrogen-bond donors (Lipinski definition) is 1. The second-order valence-corrected chi connectivity index (χ2v) is 5.96. The quantitative estimate of drug-likeness (QED) is 0.513. The van der Waals surface area contributed by atoms with E-state index in [0.29, 0.717) is 17.0 Å². The first-order valence-electron chi connectivity index (χ1n) is 8.62. The Kier molecular flexibility index (Phi) is 4.90. The molecule has 0 radical (unpaired) electrons. The van der Waals surface area contributed by atoms with Gasteiger partial charge >= 0.3 is 5.97 Å². The molecule has 0 aliphatic heterocycles. The van der Waals surface area contributed by atoms with Crippen LogP contribution in [0.2, 0.25) is 0 Å². The highest BCUT2D eigenvalue weighted by Crippen LogP contribution is 2.26. The van der Waals surface area contributed by atoms with Crippen LogP contribution in [0.15, 0.2) is 75.8 Å². The number of amides is 1. The molecule has 0 fully saturated rings. The number of ether oxygens (including phenoxy) is 1. The topological polar surface area (TPSA) is 107 Å². The van der Waals surface area contributed by atoms with Gasteiger partial charge < -0.3 is 18.9 Å². The average Bonchev–Trinajstić information content (AvgIpc) is 3.45. The third-order valence-corrected chi connectivity index (χ3v) is 4.10. The van der Waals surface area contributed by atoms with Gasteiger partial charge in [-0.25, -0.2) is 4.79 Å². The van der Waals surface area contributed by atoms with E-state index in [1.54, 1.807) is 54.6 Å². The van der Waals surface area contributed by atoms with E-state index < -0.39 is 11.9 Å². The molecule has 2 aromatic carbocycles. The van der Waals surface area contributed by atoms with Gasteiger partial charge in [0.25, 0.3) is 11.8 Å². The Hall–Kier alpha value is -4.20. The van der Waals surface area contributed by atoms with Crippen molar-refractivity contribution < 1.29 is 23.2 Å². The van der Waals surface area contributed by atoms with E-state index in [1.807, 2.05) is 0 Å². The molecule has 0 saturated heterocycles. The summed E-state index contributed by atoms with van der Waals surface area (Å²) >= 11 is 0. The molecule has 2 aromatic heterocycles. The number of methoxy groups -OCH3 is 1. The lowest BCUT2D eigenvalue weighted by Crippen LogP contribution is -2.17. The number of rotatable bonds is 5. The molecule has 0 saturated carbocycles. The van der Waals surface area contributed by atoms with Crippen LogP contribution in [-0.2, 0) is 4.74 Å². The van der Waals surface area contributed by atoms with Crippen molar-refractivity contribution in [3.63, 3.8) is 0 Å². The maximum Gasteiger partial charge on any atom is 0.338 e. The number of anilines is 1. The van der Waals surface area contributed by atoms with Gasteiger partial charge in [0.2, 0.25) is 5.89 Å². The maximum absolute atomic E-state index is 12.7. The Labute approximate surface area is 165 Å². The van der Waals surface area contributed by atoms with Crippen LogP contribution < -0.4 is 5.32 Å². The van der Waals surface area contributed by atoms with E-state index >= 15 is 0 Å². The first-order valence-corrected chi connectivity index (χ1v) is 8.62. The third-order valence-electron chi connectivity index (χ3n) is 4.10. The van der Waals surface area contributed by atoms with Gasteiger partial charge in [-0.2, -0.15) is 0 Å². The summed E-state index contributed by atoms with van der Waals surface area (Å²) < 4.78 is 15.6. The summed E-state index contributed by atoms with van der Waals surface area (Å²) in [5, 5.41) is 10.8. The minimum absolute atomic E-state index is 0.184. The van der Waals surface area contributed by atoms with Crippen LogP contribution in [0.3, 0.4) is 0 Å². The van der Waals surface area contributed by atoms with E-state index in [2.05, 4.69) is 15.5 Å². The summed E-state index contributed by atoms with van der Waals surface area (Å²) in [5.41, 5.74) is 1.52. The Bertz CT molecular complexity index is 1160. The summed E-state index contributed by atoms with van der Waals surface area (Å²) in [5.74, 6) is -0.0210. The fourth-order valence-corrected chi connectivity index (χ4v) is 2.74. The molecule has 8 heteroatoms. The first-order chi connectivity index (χ1) is 14.2. The van der Waals surface area contributed by atoms with Crippen LogP contribution >= 0.6 is 0 Å². The van der Waals surface area contributed by atoms with E-state index in [1.165, 1.54) is 19.4 Å². The number of aromatic nitrogens is 2. The summed E-state index contributed by atoms with van der Waals surface area (Å²) in [6, 6.07) is 16.8. The number of nitrogens with one attached hydrogen (secondary N) is 1. The number of esters is 1. The molecular weight excluding hydrogens is 374 g/mol. The van der Waals surface area contributed by atoms with Gasteiger partial charge in [0, 0.05) is 11.3 Å². The zero-order chi connectivity index (χ0) is 20.2. The van der Waals surface area contributed by atoms with Crippen LogP contribution in [0, 0.1) is 0 Å². The predicted octanol–water partition coefficient (Wildman–Crippen LogP) is 4.04. The van der Waals surface area contributed by atoms with Gasteiger partial charge in [0.05, 0.1) is 24.5 Å². The zero-order valence-electron chi connectivity index (χ0n) is 15.3. The van der Waals surface area contributed by atoms with Gasteiger partial charge in [0.1, 0.15) is 0 Å². The summed E-state index contributed by atoms with van der Waals surface area (Å²) in [6.07, 6.45) is 1.52. The second-order valence-electron chi connectivity index (χ2n) is 5.96. The van der Waals surface area contributed by atoms with Crippen molar-refractivity contribution in [1.82, 2.24) is 10.2 Å². The number of carbonyl (C=O) groups is 2. The van der Waals surface area contributed by atoms with Crippen molar-refractivity contribution >= 4 is 17.6 Å². The number of furan rings is 1. The second kappa shape index (κ2) is 7.81. The van der Waals surface area contributed by atoms with E-state index in [4.69, 9.17) is 13.6 Å². The Morgan fingerprint density at radius 1 is 0.931 bits per heavy atom. The molecule has 8 nitrogen and oxygen atoms in total. The lowest BCUT2D eigenvalue weighted by Gasteiger charge is -2.09. The molecule has 0 bridgehead atoms. The smallest absolute Gasteiger partial charge is 0.338 e. The Morgan fingerprint density at radius 3 is 2.48 bits per heavy atom. The lowest BCUT2D eigenvalue weighted by atomic mass is 10.1. The van der Waals surface area contributed by atoms with Crippen molar-refractivity contribution in [2.75, 3.05) is 12.4 Å². The van der Waals surface area contributed by atoms with Crippen molar-refractivity contribution in [2.45, 2.75) is 0 Å². The van der Waals surface area contributed by atoms with E-state index in [-0.39, 0.29) is 22.9 Å². The van der Waals surface area contributed by atoms with Crippen molar-refractivity contribution in [1.29, 1.82) is 0 Å². The molecule has 0 aliphatic carbocycles. The average molecular weight is 389 g/mol. The maximum atomic E-state index is 12.7. The molecule has 1 N–H and O–H groups in total. The third kappa shape index (κ3) is 3.77. The molecular formula is C21H15N3O5. The summed E-state index contributed by atoms with van der Waals surface area (Å²) in [6.45, 7) is 0. The lowest BCUT2D eigenvalue weighted by molar-refractivity contribution is 0.0597. The van der Waals surface area contributed by atoms with Crippen LogP contribution in [0.1, 0.15) is 20.7 Å². The van der Waals surface area contributed by atoms with Gasteiger partial charge in [0.15, 0.2) is 5.76 Å².